The highest BCUT2D eigenvalue weighted by atomic mass is 35.5. The van der Waals surface area contributed by atoms with Gasteiger partial charge in [-0.15, -0.1) is 0 Å². The Kier molecular flexibility index (Phi) is 3.92. The summed E-state index contributed by atoms with van der Waals surface area (Å²) in [4.78, 5) is 0. The first-order valence-electron chi connectivity index (χ1n) is 6.16. The average Bonchev–Trinajstić information content (AvgIpc) is 2.60. The molecule has 0 aliphatic heterocycles. The fourth-order valence-corrected chi connectivity index (χ4v) is 2.28. The van der Waals surface area contributed by atoms with Gasteiger partial charge in [-0.3, -0.25) is 0 Å². The molecule has 1 heterocycles. The second-order valence-electron chi connectivity index (χ2n) is 4.84. The summed E-state index contributed by atoms with van der Waals surface area (Å²) in [6.07, 6.45) is 0.758. The molecule has 102 valence electrons. The second-order valence-corrected chi connectivity index (χ2v) is 5.25. The lowest BCUT2D eigenvalue weighted by molar-refractivity contribution is 0.625. The van der Waals surface area contributed by atoms with Gasteiger partial charge in [-0.05, 0) is 44.9 Å². The number of halogens is 2. The molecule has 1 aromatic heterocycles. The Morgan fingerprint density at radius 1 is 1.42 bits per heavy atom. The molecule has 2 rings (SSSR count). The van der Waals surface area contributed by atoms with Crippen molar-refractivity contribution in [1.82, 2.24) is 9.78 Å². The zero-order chi connectivity index (χ0) is 14.2. The minimum Gasteiger partial charge on any atom is -0.328 e. The van der Waals surface area contributed by atoms with Crippen molar-refractivity contribution >= 4 is 11.6 Å². The standard InChI is InChI=1S/C14H17ClFN3/c1-8(17)6-12-9(2)18-19(10(12)3)11-4-5-13(15)14(16)7-11/h4-5,7-8H,6,17H2,1-3H3. The Morgan fingerprint density at radius 2 is 2.11 bits per heavy atom. The molecule has 0 radical (unpaired) electrons. The molecule has 0 fully saturated rings. The molecule has 1 atom stereocenters. The quantitative estimate of drug-likeness (QED) is 0.939. The number of nitrogens with zero attached hydrogens (tertiary/aromatic N) is 2. The second kappa shape index (κ2) is 5.31. The van der Waals surface area contributed by atoms with Crippen molar-refractivity contribution in [3.63, 3.8) is 0 Å². The van der Waals surface area contributed by atoms with Gasteiger partial charge in [0.05, 0.1) is 16.4 Å². The first-order chi connectivity index (χ1) is 8.90. The highest BCUT2D eigenvalue weighted by Crippen LogP contribution is 2.22. The Balaban J connectivity index is 2.48. The van der Waals surface area contributed by atoms with Crippen LogP contribution < -0.4 is 5.73 Å². The van der Waals surface area contributed by atoms with Gasteiger partial charge in [0.1, 0.15) is 5.82 Å². The summed E-state index contributed by atoms with van der Waals surface area (Å²) in [6, 6.07) is 4.74. The molecule has 0 saturated carbocycles. The van der Waals surface area contributed by atoms with E-state index in [0.717, 1.165) is 23.4 Å². The predicted molar refractivity (Wildman–Crippen MR) is 75.4 cm³/mol. The van der Waals surface area contributed by atoms with Crippen LogP contribution in [0.3, 0.4) is 0 Å². The topological polar surface area (TPSA) is 43.8 Å². The van der Waals surface area contributed by atoms with Crippen LogP contribution in [0.5, 0.6) is 0 Å². The molecule has 1 aromatic carbocycles. The molecule has 2 aromatic rings. The van der Waals surface area contributed by atoms with Crippen molar-refractivity contribution in [2.75, 3.05) is 0 Å². The number of nitrogens with two attached hydrogens (primary N) is 1. The summed E-state index contributed by atoms with van der Waals surface area (Å²) in [5.74, 6) is -0.444. The first kappa shape index (κ1) is 14.0. The minimum atomic E-state index is -0.444. The summed E-state index contributed by atoms with van der Waals surface area (Å²) in [5.41, 5.74) is 9.53. The summed E-state index contributed by atoms with van der Waals surface area (Å²) in [5, 5.41) is 4.57. The van der Waals surface area contributed by atoms with Gasteiger partial charge in [0.25, 0.3) is 0 Å². The number of rotatable bonds is 3. The first-order valence-corrected chi connectivity index (χ1v) is 6.54. The van der Waals surface area contributed by atoms with Crippen LogP contribution in [0.4, 0.5) is 4.39 Å². The van der Waals surface area contributed by atoms with Gasteiger partial charge in [0, 0.05) is 17.8 Å². The molecule has 0 aliphatic rings. The van der Waals surface area contributed by atoms with Crippen molar-refractivity contribution in [1.29, 1.82) is 0 Å². The minimum absolute atomic E-state index is 0.0667. The maximum Gasteiger partial charge on any atom is 0.143 e. The van der Waals surface area contributed by atoms with Crippen molar-refractivity contribution in [3.8, 4) is 5.69 Å². The molecule has 0 saturated heterocycles. The number of aryl methyl sites for hydroxylation is 1. The van der Waals surface area contributed by atoms with E-state index in [0.29, 0.717) is 5.69 Å². The van der Waals surface area contributed by atoms with Crippen molar-refractivity contribution < 1.29 is 4.39 Å². The smallest absolute Gasteiger partial charge is 0.143 e. The zero-order valence-corrected chi connectivity index (χ0v) is 12.0. The molecular weight excluding hydrogens is 265 g/mol. The number of hydrogen-bond acceptors (Lipinski definition) is 2. The van der Waals surface area contributed by atoms with Crippen LogP contribution in [-0.2, 0) is 6.42 Å². The summed E-state index contributed by atoms with van der Waals surface area (Å²) >= 11 is 5.69. The fraction of sp³-hybridized carbons (Fsp3) is 0.357. The van der Waals surface area contributed by atoms with Gasteiger partial charge in [-0.1, -0.05) is 11.6 Å². The fourth-order valence-electron chi connectivity index (χ4n) is 2.16. The average molecular weight is 282 g/mol. The van der Waals surface area contributed by atoms with Gasteiger partial charge in [0.2, 0.25) is 0 Å². The molecular formula is C14H17ClFN3. The van der Waals surface area contributed by atoms with Crippen LogP contribution in [0.25, 0.3) is 5.69 Å². The number of aromatic nitrogens is 2. The van der Waals surface area contributed by atoms with Crippen LogP contribution in [0.15, 0.2) is 18.2 Å². The zero-order valence-electron chi connectivity index (χ0n) is 11.2. The van der Waals surface area contributed by atoms with E-state index in [2.05, 4.69) is 5.10 Å². The summed E-state index contributed by atoms with van der Waals surface area (Å²) < 4.78 is 15.2. The van der Waals surface area contributed by atoms with Crippen molar-refractivity contribution in [2.45, 2.75) is 33.2 Å². The molecule has 0 amide bonds. The third-order valence-electron chi connectivity index (χ3n) is 3.12. The lowest BCUT2D eigenvalue weighted by Crippen LogP contribution is -2.18. The van der Waals surface area contributed by atoms with Gasteiger partial charge >= 0.3 is 0 Å². The Hall–Kier alpha value is -1.39. The monoisotopic (exact) mass is 281 g/mol. The summed E-state index contributed by atoms with van der Waals surface area (Å²) in [7, 11) is 0. The maximum atomic E-state index is 13.5. The number of hydrogen-bond donors (Lipinski definition) is 1. The summed E-state index contributed by atoms with van der Waals surface area (Å²) in [6.45, 7) is 5.86. The van der Waals surface area contributed by atoms with Crippen LogP contribution in [0.1, 0.15) is 23.9 Å². The maximum absolute atomic E-state index is 13.5. The van der Waals surface area contributed by atoms with E-state index >= 15 is 0 Å². The normalized spacial score (nSPS) is 12.7. The number of benzene rings is 1. The van der Waals surface area contributed by atoms with E-state index in [9.17, 15) is 4.39 Å². The van der Waals surface area contributed by atoms with Crippen molar-refractivity contribution in [2.24, 2.45) is 5.73 Å². The van der Waals surface area contributed by atoms with Crippen LogP contribution >= 0.6 is 11.6 Å². The molecule has 2 N–H and O–H groups in total. The van der Waals surface area contributed by atoms with Gasteiger partial charge in [-0.25, -0.2) is 9.07 Å². The lowest BCUT2D eigenvalue weighted by atomic mass is 10.1. The van der Waals surface area contributed by atoms with Crippen LogP contribution in [-0.4, -0.2) is 15.8 Å². The molecule has 0 spiro atoms. The molecule has 1 unspecified atom stereocenters. The van der Waals surface area contributed by atoms with Gasteiger partial charge < -0.3 is 5.73 Å². The van der Waals surface area contributed by atoms with E-state index in [1.54, 1.807) is 10.7 Å². The lowest BCUT2D eigenvalue weighted by Gasteiger charge is -2.07. The van der Waals surface area contributed by atoms with E-state index in [1.165, 1.54) is 12.1 Å². The SMILES string of the molecule is Cc1nn(-c2ccc(Cl)c(F)c2)c(C)c1CC(C)N. The third kappa shape index (κ3) is 2.80. The Bertz CT molecular complexity index is 605. The van der Waals surface area contributed by atoms with Crippen molar-refractivity contribution in [3.05, 3.63) is 46.0 Å². The van der Waals surface area contributed by atoms with E-state index < -0.39 is 5.82 Å². The highest BCUT2D eigenvalue weighted by Gasteiger charge is 2.14. The van der Waals surface area contributed by atoms with Gasteiger partial charge in [-0.2, -0.15) is 5.10 Å². The molecule has 0 bridgehead atoms. The predicted octanol–water partition coefficient (Wildman–Crippen LogP) is 3.17. The van der Waals surface area contributed by atoms with Crippen LogP contribution in [0.2, 0.25) is 5.02 Å². The highest BCUT2D eigenvalue weighted by molar-refractivity contribution is 6.30. The van der Waals surface area contributed by atoms with Crippen LogP contribution in [0, 0.1) is 19.7 Å². The third-order valence-corrected chi connectivity index (χ3v) is 3.42. The van der Waals surface area contributed by atoms with Gasteiger partial charge in [0.15, 0.2) is 0 Å². The Labute approximate surface area is 117 Å². The molecule has 3 nitrogen and oxygen atoms in total. The van der Waals surface area contributed by atoms with E-state index in [4.69, 9.17) is 17.3 Å². The Morgan fingerprint density at radius 3 is 2.68 bits per heavy atom. The molecule has 19 heavy (non-hydrogen) atoms. The van der Waals surface area contributed by atoms with E-state index in [-0.39, 0.29) is 11.1 Å². The molecule has 5 heteroatoms. The van der Waals surface area contributed by atoms with E-state index in [1.807, 2.05) is 20.8 Å². The largest absolute Gasteiger partial charge is 0.328 e. The molecule has 0 aliphatic carbocycles.